The number of rotatable bonds is 1. The number of hydrogen-bond donors (Lipinski definition) is 1. The van der Waals surface area contributed by atoms with Crippen molar-refractivity contribution in [3.63, 3.8) is 0 Å². The molecule has 0 saturated carbocycles. The van der Waals surface area contributed by atoms with Gasteiger partial charge in [-0.1, -0.05) is 38.2 Å². The smallest absolute Gasteiger partial charge is 0.0410 e. The van der Waals surface area contributed by atoms with E-state index >= 15 is 0 Å². The minimum atomic E-state index is 1.18. The summed E-state index contributed by atoms with van der Waals surface area (Å²) < 4.78 is 0. The van der Waals surface area contributed by atoms with Crippen molar-refractivity contribution in [1.29, 1.82) is 0 Å². The lowest BCUT2D eigenvalue weighted by molar-refractivity contribution is 1.31. The molecule has 0 atom stereocenters. The van der Waals surface area contributed by atoms with Gasteiger partial charge in [-0.05, 0) is 25.1 Å². The molecule has 0 amide bonds. The second-order valence-corrected chi connectivity index (χ2v) is 2.33. The van der Waals surface area contributed by atoms with E-state index in [4.69, 9.17) is 0 Å². The summed E-state index contributed by atoms with van der Waals surface area (Å²) in [6.07, 6.45) is 10.2. The molecule has 0 aliphatic carbocycles. The van der Waals surface area contributed by atoms with Crippen LogP contribution < -0.4 is 10.6 Å². The molecule has 1 nitrogen and oxygen atoms in total. The number of nitrogens with one attached hydrogen (secondary N) is 1. The fourth-order valence-corrected chi connectivity index (χ4v) is 0.990. The Balaban J connectivity index is 0.000000671. The van der Waals surface area contributed by atoms with Crippen molar-refractivity contribution in [3.05, 3.63) is 35.0 Å². The van der Waals surface area contributed by atoms with E-state index in [2.05, 4.69) is 23.2 Å². The van der Waals surface area contributed by atoms with Crippen LogP contribution in [0.25, 0.3) is 12.2 Å². The first-order chi connectivity index (χ1) is 6.38. The fourth-order valence-electron chi connectivity index (χ4n) is 0.990. The quantitative estimate of drug-likeness (QED) is 0.677. The average molecular weight is 177 g/mol. The van der Waals surface area contributed by atoms with Crippen LogP contribution in [0.2, 0.25) is 0 Å². The average Bonchev–Trinajstić information content (AvgIpc) is 2.65. The maximum absolute atomic E-state index is 3.14. The van der Waals surface area contributed by atoms with Crippen LogP contribution in [-0.2, 0) is 0 Å². The predicted molar refractivity (Wildman–Crippen MR) is 60.8 cm³/mol. The molecule has 72 valence electrons. The Bertz CT molecular complexity index is 341. The van der Waals surface area contributed by atoms with Crippen LogP contribution in [0, 0.1) is 0 Å². The Kier molecular flexibility index (Phi) is 6.70. The van der Waals surface area contributed by atoms with E-state index in [1.165, 1.54) is 10.6 Å². The summed E-state index contributed by atoms with van der Waals surface area (Å²) >= 11 is 0. The third-order valence-electron chi connectivity index (χ3n) is 1.57. The summed E-state index contributed by atoms with van der Waals surface area (Å²) in [6.45, 7) is 8.04. The van der Waals surface area contributed by atoms with Crippen LogP contribution in [0.5, 0.6) is 0 Å². The van der Waals surface area contributed by atoms with Gasteiger partial charge in [-0.3, -0.25) is 0 Å². The van der Waals surface area contributed by atoms with Gasteiger partial charge in [-0.2, -0.15) is 0 Å². The van der Waals surface area contributed by atoms with Crippen molar-refractivity contribution in [1.82, 2.24) is 4.98 Å². The summed E-state index contributed by atoms with van der Waals surface area (Å²) in [5.74, 6) is 0. The van der Waals surface area contributed by atoms with Crippen LogP contribution in [0.4, 0.5) is 0 Å². The lowest BCUT2D eigenvalue weighted by Gasteiger charge is -1.75. The number of hydrogen-bond acceptors (Lipinski definition) is 0. The van der Waals surface area contributed by atoms with Crippen molar-refractivity contribution < 1.29 is 0 Å². The summed E-state index contributed by atoms with van der Waals surface area (Å²) in [5, 5.41) is 2.42. The molecule has 1 heterocycles. The molecule has 1 aromatic heterocycles. The summed E-state index contributed by atoms with van der Waals surface area (Å²) in [7, 11) is 0. The Morgan fingerprint density at radius 3 is 2.46 bits per heavy atom. The Hall–Kier alpha value is -1.24. The van der Waals surface area contributed by atoms with E-state index in [0.29, 0.717) is 0 Å². The van der Waals surface area contributed by atoms with E-state index < -0.39 is 0 Å². The third-order valence-corrected chi connectivity index (χ3v) is 1.57. The van der Waals surface area contributed by atoms with Gasteiger partial charge in [-0.15, -0.1) is 0 Å². The molecule has 0 radical (unpaired) electrons. The molecule has 1 rings (SSSR count). The van der Waals surface area contributed by atoms with Crippen molar-refractivity contribution in [3.8, 4) is 0 Å². The largest absolute Gasteiger partial charge is 0.361 e. The topological polar surface area (TPSA) is 15.8 Å². The fraction of sp³-hybridized carbons (Fsp3) is 0.333. The lowest BCUT2D eigenvalue weighted by Crippen LogP contribution is -2.20. The minimum Gasteiger partial charge on any atom is -0.361 e. The van der Waals surface area contributed by atoms with Crippen LogP contribution >= 0.6 is 0 Å². The van der Waals surface area contributed by atoms with E-state index in [1.807, 2.05) is 46.0 Å². The number of aromatic nitrogens is 1. The summed E-state index contributed by atoms with van der Waals surface area (Å²) in [4.78, 5) is 3.14. The summed E-state index contributed by atoms with van der Waals surface area (Å²) in [6, 6.07) is 2.06. The van der Waals surface area contributed by atoms with Gasteiger partial charge in [0.25, 0.3) is 0 Å². The van der Waals surface area contributed by atoms with Gasteiger partial charge in [0.05, 0.1) is 0 Å². The van der Waals surface area contributed by atoms with Gasteiger partial charge in [-0.25, -0.2) is 0 Å². The van der Waals surface area contributed by atoms with Gasteiger partial charge >= 0.3 is 0 Å². The third kappa shape index (κ3) is 3.79. The molecule has 0 bridgehead atoms. The van der Waals surface area contributed by atoms with E-state index in [-0.39, 0.29) is 0 Å². The molecule has 1 heteroatoms. The molecule has 0 saturated heterocycles. The zero-order chi connectivity index (χ0) is 10.1. The van der Waals surface area contributed by atoms with Crippen LogP contribution in [-0.4, -0.2) is 4.98 Å². The maximum atomic E-state index is 3.14. The molecule has 0 aromatic carbocycles. The highest BCUT2D eigenvalue weighted by atomic mass is 14.6. The molecule has 0 fully saturated rings. The molecule has 1 aromatic rings. The van der Waals surface area contributed by atoms with Gasteiger partial charge < -0.3 is 4.98 Å². The monoisotopic (exact) mass is 177 g/mol. The Morgan fingerprint density at radius 1 is 1.23 bits per heavy atom. The van der Waals surface area contributed by atoms with Gasteiger partial charge in [0.15, 0.2) is 0 Å². The molecule has 13 heavy (non-hydrogen) atoms. The first-order valence-corrected chi connectivity index (χ1v) is 4.81. The van der Waals surface area contributed by atoms with E-state index in [1.54, 1.807) is 0 Å². The first-order valence-electron chi connectivity index (χ1n) is 4.81. The van der Waals surface area contributed by atoms with Crippen molar-refractivity contribution >= 4 is 12.2 Å². The van der Waals surface area contributed by atoms with Crippen molar-refractivity contribution in [2.24, 2.45) is 0 Å². The van der Waals surface area contributed by atoms with Crippen molar-refractivity contribution in [2.75, 3.05) is 0 Å². The number of allylic oxidation sites excluding steroid dienone is 2. The highest BCUT2D eigenvalue weighted by molar-refractivity contribution is 5.37. The Labute approximate surface area is 80.5 Å². The zero-order valence-electron chi connectivity index (χ0n) is 8.96. The second-order valence-electron chi connectivity index (χ2n) is 2.33. The Morgan fingerprint density at radius 2 is 1.92 bits per heavy atom. The summed E-state index contributed by atoms with van der Waals surface area (Å²) in [5.41, 5.74) is 0. The zero-order valence-corrected chi connectivity index (χ0v) is 8.96. The first kappa shape index (κ1) is 11.8. The molecular weight excluding hydrogens is 158 g/mol. The van der Waals surface area contributed by atoms with Crippen LogP contribution in [0.15, 0.2) is 24.4 Å². The van der Waals surface area contributed by atoms with Gasteiger partial charge in [0.2, 0.25) is 0 Å². The lowest BCUT2D eigenvalue weighted by atomic mass is 10.3. The van der Waals surface area contributed by atoms with Gasteiger partial charge in [0, 0.05) is 11.5 Å². The van der Waals surface area contributed by atoms with E-state index in [9.17, 15) is 0 Å². The van der Waals surface area contributed by atoms with E-state index in [0.717, 1.165) is 0 Å². The highest BCUT2D eigenvalue weighted by Gasteiger charge is 1.79. The number of aromatic amines is 1. The second kappa shape index (κ2) is 7.41. The maximum Gasteiger partial charge on any atom is 0.0410 e. The number of H-pyrrole nitrogens is 1. The normalized spacial score (nSPS) is 13.2. The highest BCUT2D eigenvalue weighted by Crippen LogP contribution is 1.71. The van der Waals surface area contributed by atoms with Crippen molar-refractivity contribution in [2.45, 2.75) is 27.7 Å². The van der Waals surface area contributed by atoms with Crippen LogP contribution in [0.1, 0.15) is 27.7 Å². The SMILES string of the molecule is CC.C\C=C/C=c1/cc[nH]/c1=C/C. The molecule has 0 aliphatic heterocycles. The van der Waals surface area contributed by atoms with Crippen LogP contribution in [0.3, 0.4) is 0 Å². The molecule has 0 unspecified atom stereocenters. The van der Waals surface area contributed by atoms with Gasteiger partial charge in [0.1, 0.15) is 0 Å². The molecule has 0 aliphatic rings. The molecular formula is C12H19N. The minimum absolute atomic E-state index is 1.18. The molecule has 0 spiro atoms. The predicted octanol–water partition coefficient (Wildman–Crippen LogP) is 2.20. The molecule has 1 N–H and O–H groups in total. The standard InChI is InChI=1S/C10H13N.C2H6/c1-3-5-6-9-7-8-11-10(9)4-2;1-2/h3-8,11H,1-2H3;1-2H3/b5-3-,9-6-,10-4+;.